The molecule has 0 aliphatic rings. The van der Waals surface area contributed by atoms with Crippen molar-refractivity contribution in [1.82, 2.24) is 0 Å². The summed E-state index contributed by atoms with van der Waals surface area (Å²) in [5, 5.41) is 11.7. The number of carbonyl (C=O) groups is 3. The van der Waals surface area contributed by atoms with Crippen LogP contribution in [0.2, 0.25) is 0 Å². The third-order valence-corrected chi connectivity index (χ3v) is 10.9. The van der Waals surface area contributed by atoms with Gasteiger partial charge in [-0.1, -0.05) is 177 Å². The zero-order valence-electron chi connectivity index (χ0n) is 40.5. The van der Waals surface area contributed by atoms with Crippen LogP contribution in [0.25, 0.3) is 0 Å². The Hall–Kier alpha value is -3.23. The number of nitrogens with zero attached hydrogens (tertiary/aromatic N) is 1. The molecule has 62 heavy (non-hydrogen) atoms. The topological polar surface area (TPSA) is 102 Å². The molecule has 0 bridgehead atoms. The molecule has 356 valence electrons. The second-order valence-electron chi connectivity index (χ2n) is 17.7. The Balaban J connectivity index is 4.31. The quantitative estimate of drug-likeness (QED) is 0.0198. The summed E-state index contributed by atoms with van der Waals surface area (Å²) in [4.78, 5) is 37.0. The molecule has 0 spiro atoms. The number of esters is 2. The fourth-order valence-corrected chi connectivity index (χ4v) is 6.99. The number of carboxylic acid groups (broad SMARTS) is 1. The second-order valence-corrected chi connectivity index (χ2v) is 17.7. The van der Waals surface area contributed by atoms with Crippen molar-refractivity contribution in [2.75, 3.05) is 41.0 Å². The van der Waals surface area contributed by atoms with Gasteiger partial charge >= 0.3 is 11.9 Å². The summed E-state index contributed by atoms with van der Waals surface area (Å²) in [5.41, 5.74) is 0. The van der Waals surface area contributed by atoms with Gasteiger partial charge in [0.1, 0.15) is 12.6 Å². The van der Waals surface area contributed by atoms with Crippen LogP contribution in [0.3, 0.4) is 0 Å². The Morgan fingerprint density at radius 3 is 1.45 bits per heavy atom. The van der Waals surface area contributed by atoms with Crippen molar-refractivity contribution in [2.45, 2.75) is 212 Å². The van der Waals surface area contributed by atoms with Crippen molar-refractivity contribution in [3.8, 4) is 0 Å². The maximum Gasteiger partial charge on any atom is 0.306 e. The van der Waals surface area contributed by atoms with Gasteiger partial charge in [0.15, 0.2) is 6.10 Å². The normalized spacial score (nSPS) is 13.5. The second kappa shape index (κ2) is 44.4. The molecular weight excluding hydrogens is 775 g/mol. The highest BCUT2D eigenvalue weighted by atomic mass is 16.6. The molecule has 8 heteroatoms. The van der Waals surface area contributed by atoms with Gasteiger partial charge in [0.25, 0.3) is 0 Å². The first-order valence-electron chi connectivity index (χ1n) is 25.0. The van der Waals surface area contributed by atoms with Crippen LogP contribution in [0.5, 0.6) is 0 Å². The smallest absolute Gasteiger partial charge is 0.306 e. The van der Waals surface area contributed by atoms with Crippen LogP contribution < -0.4 is 5.11 Å². The van der Waals surface area contributed by atoms with E-state index in [2.05, 4.69) is 86.8 Å². The van der Waals surface area contributed by atoms with Gasteiger partial charge in [-0.3, -0.25) is 9.59 Å². The van der Waals surface area contributed by atoms with E-state index in [0.717, 1.165) is 83.5 Å². The lowest BCUT2D eigenvalue weighted by atomic mass is 10.1. The largest absolute Gasteiger partial charge is 0.544 e. The maximum atomic E-state index is 12.8. The number of carboxylic acids is 1. The molecule has 0 amide bonds. The lowest BCUT2D eigenvalue weighted by Crippen LogP contribution is -2.55. The molecule has 0 radical (unpaired) electrons. The van der Waals surface area contributed by atoms with Gasteiger partial charge in [-0.2, -0.15) is 0 Å². The van der Waals surface area contributed by atoms with Crippen molar-refractivity contribution in [2.24, 2.45) is 0 Å². The Morgan fingerprint density at radius 2 is 0.952 bits per heavy atom. The molecule has 0 saturated heterocycles. The Labute approximate surface area is 381 Å². The van der Waals surface area contributed by atoms with E-state index in [1.807, 2.05) is 0 Å². The zero-order valence-corrected chi connectivity index (χ0v) is 40.5. The molecule has 2 atom stereocenters. The molecule has 8 nitrogen and oxygen atoms in total. The van der Waals surface area contributed by atoms with Gasteiger partial charge in [-0.15, -0.1) is 0 Å². The predicted octanol–water partition coefficient (Wildman–Crippen LogP) is 13.0. The molecule has 2 unspecified atom stereocenters. The number of unbranched alkanes of at least 4 members (excludes halogenated alkanes) is 19. The predicted molar refractivity (Wildman–Crippen MR) is 259 cm³/mol. The molecule has 0 fully saturated rings. The fourth-order valence-electron chi connectivity index (χ4n) is 6.99. The number of allylic oxidation sites excluding steroid dienone is 12. The first-order valence-corrected chi connectivity index (χ1v) is 25.0. The van der Waals surface area contributed by atoms with Crippen LogP contribution >= 0.6 is 0 Å². The molecule has 0 aromatic rings. The Bertz CT molecular complexity index is 1240. The summed E-state index contributed by atoms with van der Waals surface area (Å²) in [6.07, 6.45) is 56.4. The number of hydrogen-bond donors (Lipinski definition) is 0. The molecule has 0 N–H and O–H groups in total. The van der Waals surface area contributed by atoms with E-state index in [4.69, 9.17) is 14.2 Å². The summed E-state index contributed by atoms with van der Waals surface area (Å²) < 4.78 is 17.2. The van der Waals surface area contributed by atoms with Crippen molar-refractivity contribution in [3.63, 3.8) is 0 Å². The van der Waals surface area contributed by atoms with E-state index in [-0.39, 0.29) is 42.7 Å². The molecule has 0 aromatic heterocycles. The van der Waals surface area contributed by atoms with Crippen LogP contribution in [0.1, 0.15) is 200 Å². The SMILES string of the molecule is CC/C=C/C/C=C/C/C=C/C/C=C/CCCCCCCCCCCC(=O)OC(COCCC(C(=O)[O-])[N+](C)(C)C)COC(=O)CCCCC/C=C/C=C/CCCCCCCCC. The van der Waals surface area contributed by atoms with Crippen LogP contribution in [0.4, 0.5) is 0 Å². The number of carbonyl (C=O) groups excluding carboxylic acids is 3. The van der Waals surface area contributed by atoms with Crippen LogP contribution in [-0.4, -0.2) is 75.5 Å². The summed E-state index contributed by atoms with van der Waals surface area (Å²) >= 11 is 0. The summed E-state index contributed by atoms with van der Waals surface area (Å²) in [7, 11) is 5.40. The van der Waals surface area contributed by atoms with Crippen molar-refractivity contribution in [3.05, 3.63) is 72.9 Å². The number of quaternary nitrogens is 1. The van der Waals surface area contributed by atoms with E-state index in [1.165, 1.54) is 83.5 Å². The molecule has 0 aliphatic carbocycles. The van der Waals surface area contributed by atoms with E-state index < -0.39 is 18.1 Å². The van der Waals surface area contributed by atoms with Crippen LogP contribution in [0, 0.1) is 0 Å². The third kappa shape index (κ3) is 42.1. The molecule has 0 saturated carbocycles. The summed E-state index contributed by atoms with van der Waals surface area (Å²) in [6.45, 7) is 4.51. The minimum atomic E-state index is -1.13. The Morgan fingerprint density at radius 1 is 0.516 bits per heavy atom. The van der Waals surface area contributed by atoms with Crippen LogP contribution in [-0.2, 0) is 28.6 Å². The van der Waals surface area contributed by atoms with Crippen molar-refractivity contribution < 1.29 is 38.2 Å². The van der Waals surface area contributed by atoms with Crippen molar-refractivity contribution in [1.29, 1.82) is 0 Å². The number of hydrogen-bond acceptors (Lipinski definition) is 7. The average molecular weight is 868 g/mol. The van der Waals surface area contributed by atoms with E-state index in [0.29, 0.717) is 12.8 Å². The molecule has 0 heterocycles. The van der Waals surface area contributed by atoms with Crippen molar-refractivity contribution >= 4 is 17.9 Å². The van der Waals surface area contributed by atoms with Gasteiger partial charge in [0, 0.05) is 19.3 Å². The number of aliphatic carboxylic acids is 1. The third-order valence-electron chi connectivity index (χ3n) is 10.9. The van der Waals surface area contributed by atoms with E-state index in [9.17, 15) is 19.5 Å². The average Bonchev–Trinajstić information content (AvgIpc) is 3.23. The highest BCUT2D eigenvalue weighted by Crippen LogP contribution is 2.14. The number of ether oxygens (including phenoxy) is 3. The van der Waals surface area contributed by atoms with E-state index in [1.54, 1.807) is 21.1 Å². The lowest BCUT2D eigenvalue weighted by Gasteiger charge is -2.34. The maximum absolute atomic E-state index is 12.8. The highest BCUT2D eigenvalue weighted by molar-refractivity contribution is 5.70. The minimum Gasteiger partial charge on any atom is -0.544 e. The van der Waals surface area contributed by atoms with E-state index >= 15 is 0 Å². The number of rotatable bonds is 44. The highest BCUT2D eigenvalue weighted by Gasteiger charge is 2.25. The fraction of sp³-hybridized carbons (Fsp3) is 0.722. The van der Waals surface area contributed by atoms with Gasteiger partial charge in [-0.25, -0.2) is 0 Å². The standard InChI is InChI=1S/C54H93NO7/c1-6-8-10-12-14-16-18-20-22-24-25-26-27-28-29-31-33-35-37-39-41-43-45-53(57)62-50(48-60-47-46-51(54(58)59)55(3,4)5)49-61-52(56)44-42-40-38-36-34-32-30-23-21-19-17-15-13-11-9-7-2/h8,10,14,16,20,22-23,25-26,30,32,34,50-51H,6-7,9,11-13,15,17-19,21,24,27-29,31,33,35-49H2,1-5H3/b10-8+,16-14+,22-20+,26-25+,30-23+,34-32+. The lowest BCUT2D eigenvalue weighted by molar-refractivity contribution is -0.889. The van der Waals surface area contributed by atoms with Gasteiger partial charge in [-0.05, 0) is 77.0 Å². The Kier molecular flexibility index (Phi) is 42.1. The zero-order chi connectivity index (χ0) is 45.6. The number of likely N-dealkylation sites (N-methyl/N-ethyl adjacent to an activating group) is 1. The summed E-state index contributed by atoms with van der Waals surface area (Å²) in [6, 6.07) is -0.734. The first kappa shape index (κ1) is 58.8. The first-order chi connectivity index (χ1) is 30.1. The van der Waals surface area contributed by atoms with Crippen LogP contribution in [0.15, 0.2) is 72.9 Å². The van der Waals surface area contributed by atoms with Gasteiger partial charge in [0.05, 0.1) is 40.3 Å². The molecule has 0 aliphatic heterocycles. The molecule has 0 rings (SSSR count). The molecule has 0 aromatic carbocycles. The monoisotopic (exact) mass is 868 g/mol. The summed E-state index contributed by atoms with van der Waals surface area (Å²) in [5.74, 6) is -1.78. The van der Waals surface area contributed by atoms with Gasteiger partial charge in [0.2, 0.25) is 0 Å². The van der Waals surface area contributed by atoms with Gasteiger partial charge < -0.3 is 28.6 Å². The minimum absolute atomic E-state index is 0.0270. The molecular formula is C54H93NO7.